The van der Waals surface area contributed by atoms with E-state index in [1.54, 1.807) is 0 Å². The Kier molecular flexibility index (Phi) is 5.15. The first-order chi connectivity index (χ1) is 13.4. The molecule has 2 fully saturated rings. The molecule has 0 aliphatic carbocycles. The Morgan fingerprint density at radius 3 is 2.93 bits per heavy atom. The molecule has 2 N–H and O–H groups in total. The molecule has 2 aromatic rings. The molecule has 6 heteroatoms. The number of nitrogens with zero attached hydrogens (tertiary/aromatic N) is 1. The average molecular weight is 383 g/mol. The fourth-order valence-electron chi connectivity index (χ4n) is 4.41. The minimum absolute atomic E-state index is 0.00111. The van der Waals surface area contributed by atoms with Crippen molar-refractivity contribution in [3.05, 3.63) is 36.0 Å². The van der Waals surface area contributed by atoms with Crippen molar-refractivity contribution in [2.75, 3.05) is 19.7 Å². The molecule has 2 atom stereocenters. The lowest BCUT2D eigenvalue weighted by Gasteiger charge is -2.37. The van der Waals surface area contributed by atoms with E-state index in [0.29, 0.717) is 25.3 Å². The van der Waals surface area contributed by atoms with E-state index in [2.05, 4.69) is 24.1 Å². The first kappa shape index (κ1) is 19.0. The van der Waals surface area contributed by atoms with E-state index in [9.17, 15) is 9.59 Å². The lowest BCUT2D eigenvalue weighted by Crippen LogP contribution is -2.50. The number of aromatic amines is 1. The summed E-state index contributed by atoms with van der Waals surface area (Å²) in [5.41, 5.74) is 1.43. The van der Waals surface area contributed by atoms with Crippen LogP contribution in [-0.4, -0.2) is 53.0 Å². The molecule has 2 aliphatic rings. The Morgan fingerprint density at radius 1 is 1.25 bits per heavy atom. The van der Waals surface area contributed by atoms with Gasteiger partial charge in [0, 0.05) is 43.0 Å². The number of hydrogen-bond donors (Lipinski definition) is 2. The highest BCUT2D eigenvalue weighted by Gasteiger charge is 2.33. The summed E-state index contributed by atoms with van der Waals surface area (Å²) in [7, 11) is 0. The summed E-state index contributed by atoms with van der Waals surface area (Å²) in [4.78, 5) is 30.8. The maximum Gasteiger partial charge on any atom is 0.253 e. The zero-order chi connectivity index (χ0) is 19.7. The highest BCUT2D eigenvalue weighted by Crippen LogP contribution is 2.25. The average Bonchev–Trinajstić information content (AvgIpc) is 3.14. The van der Waals surface area contributed by atoms with Crippen molar-refractivity contribution in [1.29, 1.82) is 0 Å². The largest absolute Gasteiger partial charge is 0.375 e. The zero-order valence-corrected chi connectivity index (χ0v) is 16.7. The number of nitrogens with one attached hydrogen (secondary N) is 2. The van der Waals surface area contributed by atoms with Gasteiger partial charge in [0.25, 0.3) is 5.91 Å². The number of amides is 2. The van der Waals surface area contributed by atoms with Crippen molar-refractivity contribution < 1.29 is 14.3 Å². The normalized spacial score (nSPS) is 24.9. The Balaban J connectivity index is 1.39. The Hall–Kier alpha value is -2.34. The standard InChI is InChI=1S/C22H29N3O3/c1-22(2)13-18(8-11-28-22)24-20(26)17-4-3-10-25(14-17)21(27)16-6-5-15-7-9-23-19(15)12-16/h5-7,9,12,17-18,23H,3-4,8,10-11,13-14H2,1-2H3,(H,24,26)/t17-,18-/m0/s1. The van der Waals surface area contributed by atoms with Crippen LogP contribution in [0.25, 0.3) is 10.9 Å². The first-order valence-electron chi connectivity index (χ1n) is 10.2. The van der Waals surface area contributed by atoms with E-state index >= 15 is 0 Å². The number of piperidine rings is 1. The molecule has 28 heavy (non-hydrogen) atoms. The van der Waals surface area contributed by atoms with Gasteiger partial charge in [-0.15, -0.1) is 0 Å². The van der Waals surface area contributed by atoms with Crippen LogP contribution in [0.3, 0.4) is 0 Å². The molecule has 2 amide bonds. The Bertz CT molecular complexity index is 873. The summed E-state index contributed by atoms with van der Waals surface area (Å²) >= 11 is 0. The third-order valence-electron chi connectivity index (χ3n) is 5.92. The summed E-state index contributed by atoms with van der Waals surface area (Å²) in [6, 6.07) is 7.86. The number of fused-ring (bicyclic) bond motifs is 1. The minimum atomic E-state index is -0.193. The van der Waals surface area contributed by atoms with Crippen molar-refractivity contribution in [3.8, 4) is 0 Å². The highest BCUT2D eigenvalue weighted by atomic mass is 16.5. The van der Waals surface area contributed by atoms with Gasteiger partial charge in [0.2, 0.25) is 5.91 Å². The van der Waals surface area contributed by atoms with Crippen LogP contribution in [0.1, 0.15) is 49.9 Å². The van der Waals surface area contributed by atoms with Crippen LogP contribution in [0.5, 0.6) is 0 Å². The van der Waals surface area contributed by atoms with Crippen molar-refractivity contribution in [2.24, 2.45) is 5.92 Å². The molecule has 0 saturated carbocycles. The predicted octanol–water partition coefficient (Wildman–Crippen LogP) is 3.09. The van der Waals surface area contributed by atoms with Crippen LogP contribution in [0, 0.1) is 5.92 Å². The topological polar surface area (TPSA) is 74.4 Å². The molecule has 3 heterocycles. The van der Waals surface area contributed by atoms with Crippen LogP contribution in [0.2, 0.25) is 0 Å². The zero-order valence-electron chi connectivity index (χ0n) is 16.7. The number of H-pyrrole nitrogens is 1. The second-order valence-corrected chi connectivity index (χ2v) is 8.68. The Labute approximate surface area is 165 Å². The molecule has 1 aromatic heterocycles. The SMILES string of the molecule is CC1(C)C[C@@H](NC(=O)[C@H]2CCCN(C(=O)c3ccc4cc[nH]c4c3)C2)CCO1. The molecule has 0 bridgehead atoms. The number of rotatable bonds is 3. The van der Waals surface area contributed by atoms with Crippen molar-refractivity contribution in [2.45, 2.75) is 51.2 Å². The highest BCUT2D eigenvalue weighted by molar-refractivity contribution is 5.98. The molecule has 0 radical (unpaired) electrons. The quantitative estimate of drug-likeness (QED) is 0.855. The molecule has 2 aliphatic heterocycles. The lowest BCUT2D eigenvalue weighted by molar-refractivity contribution is -0.129. The van der Waals surface area contributed by atoms with Crippen molar-refractivity contribution in [1.82, 2.24) is 15.2 Å². The van der Waals surface area contributed by atoms with E-state index in [0.717, 1.165) is 36.6 Å². The number of likely N-dealkylation sites (tertiary alicyclic amines) is 1. The number of carbonyl (C=O) groups is 2. The summed E-state index contributed by atoms with van der Waals surface area (Å²) in [5, 5.41) is 4.29. The number of ether oxygens (including phenoxy) is 1. The first-order valence-corrected chi connectivity index (χ1v) is 10.2. The van der Waals surface area contributed by atoms with E-state index in [-0.39, 0.29) is 29.4 Å². The third kappa shape index (κ3) is 4.07. The maximum absolute atomic E-state index is 13.0. The molecule has 0 unspecified atom stereocenters. The van der Waals surface area contributed by atoms with E-state index < -0.39 is 0 Å². The number of aromatic nitrogens is 1. The lowest BCUT2D eigenvalue weighted by atomic mass is 9.92. The van der Waals surface area contributed by atoms with Crippen LogP contribution in [-0.2, 0) is 9.53 Å². The molecule has 150 valence electrons. The smallest absolute Gasteiger partial charge is 0.253 e. The fourth-order valence-corrected chi connectivity index (χ4v) is 4.41. The van der Waals surface area contributed by atoms with E-state index in [1.165, 1.54) is 0 Å². The fraction of sp³-hybridized carbons (Fsp3) is 0.545. The van der Waals surface area contributed by atoms with Gasteiger partial charge in [0.05, 0.1) is 11.5 Å². The van der Waals surface area contributed by atoms with Gasteiger partial charge in [-0.1, -0.05) is 6.07 Å². The van der Waals surface area contributed by atoms with Crippen molar-refractivity contribution >= 4 is 22.7 Å². The molecule has 0 spiro atoms. The van der Waals surface area contributed by atoms with Gasteiger partial charge in [-0.3, -0.25) is 9.59 Å². The number of hydrogen-bond acceptors (Lipinski definition) is 3. The minimum Gasteiger partial charge on any atom is -0.375 e. The summed E-state index contributed by atoms with van der Waals surface area (Å²) < 4.78 is 5.74. The molecular weight excluding hydrogens is 354 g/mol. The van der Waals surface area contributed by atoms with Gasteiger partial charge in [0.15, 0.2) is 0 Å². The van der Waals surface area contributed by atoms with E-state index in [4.69, 9.17) is 4.74 Å². The number of benzene rings is 1. The van der Waals surface area contributed by atoms with Crippen LogP contribution < -0.4 is 5.32 Å². The van der Waals surface area contributed by atoms with Crippen LogP contribution in [0.15, 0.2) is 30.5 Å². The van der Waals surface area contributed by atoms with Crippen LogP contribution in [0.4, 0.5) is 0 Å². The van der Waals surface area contributed by atoms with Gasteiger partial charge < -0.3 is 19.9 Å². The summed E-state index contributed by atoms with van der Waals surface area (Å²) in [6.45, 7) is 5.99. The van der Waals surface area contributed by atoms with Crippen molar-refractivity contribution in [3.63, 3.8) is 0 Å². The second-order valence-electron chi connectivity index (χ2n) is 8.68. The van der Waals surface area contributed by atoms with Gasteiger partial charge in [0.1, 0.15) is 0 Å². The summed E-state index contributed by atoms with van der Waals surface area (Å²) in [5.74, 6) is -0.0703. The molecule has 1 aromatic carbocycles. The predicted molar refractivity (Wildman–Crippen MR) is 108 cm³/mol. The molecule has 4 rings (SSSR count). The van der Waals surface area contributed by atoms with Gasteiger partial charge >= 0.3 is 0 Å². The third-order valence-corrected chi connectivity index (χ3v) is 5.92. The number of carbonyl (C=O) groups excluding carboxylic acids is 2. The summed E-state index contributed by atoms with van der Waals surface area (Å²) in [6.07, 6.45) is 5.23. The van der Waals surface area contributed by atoms with Crippen LogP contribution >= 0.6 is 0 Å². The molecule has 2 saturated heterocycles. The van der Waals surface area contributed by atoms with Gasteiger partial charge in [-0.2, -0.15) is 0 Å². The monoisotopic (exact) mass is 383 g/mol. The van der Waals surface area contributed by atoms with E-state index in [1.807, 2.05) is 35.4 Å². The second kappa shape index (κ2) is 7.59. The molecular formula is C22H29N3O3. The molecule has 6 nitrogen and oxygen atoms in total. The maximum atomic E-state index is 13.0. The Morgan fingerprint density at radius 2 is 2.11 bits per heavy atom. The van der Waals surface area contributed by atoms with Gasteiger partial charge in [-0.05, 0) is 63.1 Å². The van der Waals surface area contributed by atoms with Gasteiger partial charge in [-0.25, -0.2) is 0 Å².